The minimum atomic E-state index is -0.682. The molecule has 0 bridgehead atoms. The van der Waals surface area contributed by atoms with Gasteiger partial charge in [-0.1, -0.05) is 0 Å². The van der Waals surface area contributed by atoms with Crippen LogP contribution < -0.4 is 10.6 Å². The van der Waals surface area contributed by atoms with E-state index in [1.54, 1.807) is 25.1 Å². The van der Waals surface area contributed by atoms with Crippen molar-refractivity contribution in [3.63, 3.8) is 0 Å². The van der Waals surface area contributed by atoms with Crippen LogP contribution in [0.1, 0.15) is 17.3 Å². The third-order valence-electron chi connectivity index (χ3n) is 2.99. The van der Waals surface area contributed by atoms with Crippen molar-refractivity contribution in [3.05, 3.63) is 23.8 Å². The Bertz CT molecular complexity index is 625. The third-order valence-corrected chi connectivity index (χ3v) is 2.99. The van der Waals surface area contributed by atoms with Crippen molar-refractivity contribution in [1.29, 1.82) is 0 Å². The fourth-order valence-electron chi connectivity index (χ4n) is 2.12. The molecule has 2 heterocycles. The molecule has 3 N–H and O–H groups in total. The summed E-state index contributed by atoms with van der Waals surface area (Å²) in [5.41, 5.74) is 6.11. The molecule has 1 fully saturated rings. The molecule has 1 aliphatic rings. The molecule has 2 aromatic rings. The highest BCUT2D eigenvalue weighted by atomic mass is 16.4. The number of β-amino-alcohol motifs (C(OH)–C–C–N with tert-alkyl or cyclic N) is 1. The van der Waals surface area contributed by atoms with Crippen LogP contribution in [0.15, 0.2) is 22.6 Å². The summed E-state index contributed by atoms with van der Waals surface area (Å²) < 4.78 is 5.55. The number of carbonyl (C=O) groups is 1. The van der Waals surface area contributed by atoms with Gasteiger partial charge in [0.05, 0.1) is 18.7 Å². The van der Waals surface area contributed by atoms with E-state index in [9.17, 15) is 9.90 Å². The molecule has 1 aromatic heterocycles. The molecule has 0 aliphatic carbocycles. The molecule has 6 heteroatoms. The third kappa shape index (κ3) is 1.70. The van der Waals surface area contributed by atoms with E-state index in [0.29, 0.717) is 35.8 Å². The van der Waals surface area contributed by atoms with Gasteiger partial charge in [-0.25, -0.2) is 0 Å². The van der Waals surface area contributed by atoms with Gasteiger partial charge < -0.3 is 20.2 Å². The normalized spacial score (nSPS) is 17.8. The number of rotatable bonds is 2. The Morgan fingerprint density at radius 1 is 1.56 bits per heavy atom. The summed E-state index contributed by atoms with van der Waals surface area (Å²) in [5, 5.41) is 9.66. The number of primary amides is 1. The number of aromatic nitrogens is 1. The SMILES string of the molecule is CC1(O)CN(c2nc3cc(C(N)=O)ccc3o2)C1. The number of benzene rings is 1. The zero-order valence-corrected chi connectivity index (χ0v) is 9.88. The van der Waals surface area contributed by atoms with Crippen LogP contribution in [0.3, 0.4) is 0 Å². The Labute approximate surface area is 103 Å². The molecule has 0 spiro atoms. The van der Waals surface area contributed by atoms with Gasteiger partial charge in [-0.05, 0) is 25.1 Å². The van der Waals surface area contributed by atoms with E-state index in [2.05, 4.69) is 4.98 Å². The van der Waals surface area contributed by atoms with Crippen LogP contribution in [0.25, 0.3) is 11.1 Å². The Kier molecular flexibility index (Phi) is 2.12. The van der Waals surface area contributed by atoms with E-state index in [0.717, 1.165) is 0 Å². The first-order valence-corrected chi connectivity index (χ1v) is 5.62. The molecule has 1 amide bonds. The van der Waals surface area contributed by atoms with Gasteiger partial charge in [0.25, 0.3) is 6.01 Å². The minimum Gasteiger partial charge on any atom is -0.423 e. The van der Waals surface area contributed by atoms with Crippen molar-refractivity contribution >= 4 is 23.0 Å². The Balaban J connectivity index is 1.94. The van der Waals surface area contributed by atoms with Gasteiger partial charge in [-0.2, -0.15) is 4.98 Å². The number of oxazole rings is 1. The van der Waals surface area contributed by atoms with Crippen LogP contribution in [0, 0.1) is 0 Å². The Morgan fingerprint density at radius 3 is 2.89 bits per heavy atom. The van der Waals surface area contributed by atoms with Crippen molar-refractivity contribution in [1.82, 2.24) is 4.98 Å². The number of nitrogens with zero attached hydrogens (tertiary/aromatic N) is 2. The summed E-state index contributed by atoms with van der Waals surface area (Å²) in [6.07, 6.45) is 0. The van der Waals surface area contributed by atoms with Crippen LogP contribution in [-0.4, -0.2) is 34.7 Å². The summed E-state index contributed by atoms with van der Waals surface area (Å²) in [4.78, 5) is 17.2. The lowest BCUT2D eigenvalue weighted by molar-refractivity contribution is 0.0280. The number of nitrogens with two attached hydrogens (primary N) is 1. The van der Waals surface area contributed by atoms with E-state index in [-0.39, 0.29) is 0 Å². The first-order valence-electron chi connectivity index (χ1n) is 5.62. The van der Waals surface area contributed by atoms with Crippen molar-refractivity contribution in [3.8, 4) is 0 Å². The lowest BCUT2D eigenvalue weighted by Crippen LogP contribution is -2.60. The minimum absolute atomic E-state index is 0.401. The number of carbonyl (C=O) groups excluding carboxylic acids is 1. The molecule has 0 unspecified atom stereocenters. The predicted molar refractivity (Wildman–Crippen MR) is 65.4 cm³/mol. The summed E-state index contributed by atoms with van der Waals surface area (Å²) in [6, 6.07) is 5.33. The first-order chi connectivity index (χ1) is 8.44. The summed E-state index contributed by atoms with van der Waals surface area (Å²) in [7, 11) is 0. The van der Waals surface area contributed by atoms with Gasteiger partial charge in [-0.15, -0.1) is 0 Å². The molecule has 1 saturated heterocycles. The first kappa shape index (κ1) is 11.0. The number of amides is 1. The second-order valence-electron chi connectivity index (χ2n) is 4.90. The number of hydrogen-bond acceptors (Lipinski definition) is 5. The maximum Gasteiger partial charge on any atom is 0.298 e. The average Bonchev–Trinajstić information content (AvgIpc) is 2.67. The Hall–Kier alpha value is -2.08. The predicted octanol–water partition coefficient (Wildman–Crippen LogP) is 0.498. The van der Waals surface area contributed by atoms with E-state index >= 15 is 0 Å². The summed E-state index contributed by atoms with van der Waals surface area (Å²) >= 11 is 0. The fraction of sp³-hybridized carbons (Fsp3) is 0.333. The molecule has 0 radical (unpaired) electrons. The van der Waals surface area contributed by atoms with Crippen LogP contribution in [-0.2, 0) is 0 Å². The molecular weight excluding hydrogens is 234 g/mol. The van der Waals surface area contributed by atoms with Crippen molar-refractivity contribution < 1.29 is 14.3 Å². The molecule has 0 saturated carbocycles. The highest BCUT2D eigenvalue weighted by Crippen LogP contribution is 2.29. The lowest BCUT2D eigenvalue weighted by Gasteiger charge is -2.42. The highest BCUT2D eigenvalue weighted by molar-refractivity contribution is 5.96. The maximum atomic E-state index is 11.1. The second kappa shape index (κ2) is 3.46. The van der Waals surface area contributed by atoms with E-state index in [1.807, 2.05) is 4.90 Å². The summed E-state index contributed by atoms with van der Waals surface area (Å²) in [5.74, 6) is -0.492. The standard InChI is InChI=1S/C12H13N3O3/c1-12(17)5-15(6-12)11-14-8-4-7(10(13)16)2-3-9(8)18-11/h2-4,17H,5-6H2,1H3,(H2,13,16). The van der Waals surface area contributed by atoms with Gasteiger partial charge in [-0.3, -0.25) is 4.79 Å². The van der Waals surface area contributed by atoms with E-state index < -0.39 is 11.5 Å². The molecule has 1 aliphatic heterocycles. The van der Waals surface area contributed by atoms with Crippen molar-refractivity contribution in [2.75, 3.05) is 18.0 Å². The lowest BCUT2D eigenvalue weighted by atomic mass is 9.98. The number of fused-ring (bicyclic) bond motifs is 1. The number of hydrogen-bond donors (Lipinski definition) is 2. The van der Waals surface area contributed by atoms with Crippen LogP contribution in [0.4, 0.5) is 6.01 Å². The van der Waals surface area contributed by atoms with Crippen molar-refractivity contribution in [2.45, 2.75) is 12.5 Å². The summed E-state index contributed by atoms with van der Waals surface area (Å²) in [6.45, 7) is 2.74. The maximum absolute atomic E-state index is 11.1. The monoisotopic (exact) mass is 247 g/mol. The highest BCUT2D eigenvalue weighted by Gasteiger charge is 2.39. The zero-order chi connectivity index (χ0) is 12.9. The zero-order valence-electron chi connectivity index (χ0n) is 9.88. The number of anilines is 1. The van der Waals surface area contributed by atoms with E-state index in [4.69, 9.17) is 10.2 Å². The smallest absolute Gasteiger partial charge is 0.298 e. The van der Waals surface area contributed by atoms with Gasteiger partial charge >= 0.3 is 0 Å². The largest absolute Gasteiger partial charge is 0.423 e. The topological polar surface area (TPSA) is 92.6 Å². The molecular formula is C12H13N3O3. The van der Waals surface area contributed by atoms with E-state index in [1.165, 1.54) is 0 Å². The molecule has 18 heavy (non-hydrogen) atoms. The van der Waals surface area contributed by atoms with Crippen LogP contribution >= 0.6 is 0 Å². The quantitative estimate of drug-likeness (QED) is 0.806. The molecule has 94 valence electrons. The molecule has 1 aromatic carbocycles. The van der Waals surface area contributed by atoms with Crippen LogP contribution in [0.2, 0.25) is 0 Å². The van der Waals surface area contributed by atoms with Gasteiger partial charge in [0, 0.05) is 5.56 Å². The van der Waals surface area contributed by atoms with Crippen molar-refractivity contribution in [2.24, 2.45) is 5.73 Å². The van der Waals surface area contributed by atoms with Crippen LogP contribution in [0.5, 0.6) is 0 Å². The number of aliphatic hydroxyl groups is 1. The Morgan fingerprint density at radius 2 is 2.28 bits per heavy atom. The van der Waals surface area contributed by atoms with Gasteiger partial charge in [0.1, 0.15) is 5.52 Å². The second-order valence-corrected chi connectivity index (χ2v) is 4.90. The molecule has 3 rings (SSSR count). The van der Waals surface area contributed by atoms with Gasteiger partial charge in [0.15, 0.2) is 5.58 Å². The fourth-order valence-corrected chi connectivity index (χ4v) is 2.12. The average molecular weight is 247 g/mol. The molecule has 6 nitrogen and oxygen atoms in total. The molecule has 0 atom stereocenters. The van der Waals surface area contributed by atoms with Gasteiger partial charge in [0.2, 0.25) is 5.91 Å².